The number of amides is 2. The maximum Gasteiger partial charge on any atom is 0.289 e. The highest BCUT2D eigenvalue weighted by molar-refractivity contribution is 6.38. The van der Waals surface area contributed by atoms with Crippen molar-refractivity contribution in [1.82, 2.24) is 15.1 Å². The fourth-order valence-electron chi connectivity index (χ4n) is 4.26. The lowest BCUT2D eigenvalue weighted by Gasteiger charge is -2.47. The van der Waals surface area contributed by atoms with Crippen LogP contribution in [-0.2, 0) is 4.79 Å². The summed E-state index contributed by atoms with van der Waals surface area (Å²) in [6, 6.07) is 14.9. The van der Waals surface area contributed by atoms with Gasteiger partial charge in [0.25, 0.3) is 11.8 Å². The third-order valence-electron chi connectivity index (χ3n) is 5.93. The number of hydrogen-bond acceptors (Lipinski definition) is 4. The molecule has 1 saturated heterocycles. The molecule has 0 unspecified atom stereocenters. The number of amidine groups is 1. The average molecular weight is 485 g/mol. The van der Waals surface area contributed by atoms with Gasteiger partial charge in [-0.05, 0) is 49.6 Å². The first-order valence-corrected chi connectivity index (χ1v) is 11.6. The molecular formula is C25H26Cl2N4O2. The number of carbonyl (C=O) groups excluding carboxylic acids is 2. The molecule has 0 aromatic heterocycles. The number of hydrogen-bond donors (Lipinski definition) is 1. The van der Waals surface area contributed by atoms with E-state index in [1.54, 1.807) is 28.0 Å². The lowest BCUT2D eigenvalue weighted by molar-refractivity contribution is -0.132. The molecule has 0 aliphatic carbocycles. The van der Waals surface area contributed by atoms with E-state index < -0.39 is 5.54 Å². The van der Waals surface area contributed by atoms with E-state index in [1.807, 2.05) is 50.4 Å². The zero-order chi connectivity index (χ0) is 23.6. The van der Waals surface area contributed by atoms with Crippen LogP contribution < -0.4 is 5.32 Å². The minimum Gasteiger partial charge on any atom is -0.342 e. The topological polar surface area (TPSA) is 65.0 Å². The highest BCUT2D eigenvalue weighted by atomic mass is 35.5. The maximum absolute atomic E-state index is 13.4. The average Bonchev–Trinajstić information content (AvgIpc) is 3.04. The molecule has 2 aromatic carbocycles. The first-order chi connectivity index (χ1) is 15.7. The second kappa shape index (κ2) is 9.57. The standard InChI is InChI=1S/C25H26Cl2N4O2/c1-25(2)16-30(23(32)19-12-20(26)14-21(27)13-19)10-11-31(25)24(33)22-28-9-8-18(15-29-22)17-6-4-3-5-7-17/h3-7,12-15H,8-11,16H2,1-2H3,(H,28,29). The molecule has 0 radical (unpaired) electrons. The van der Waals surface area contributed by atoms with E-state index in [0.717, 1.165) is 17.6 Å². The molecule has 2 heterocycles. The summed E-state index contributed by atoms with van der Waals surface area (Å²) in [6.07, 6.45) is 2.62. The van der Waals surface area contributed by atoms with Gasteiger partial charge in [0.15, 0.2) is 5.84 Å². The number of halogens is 2. The van der Waals surface area contributed by atoms with Gasteiger partial charge in [0.05, 0.1) is 5.54 Å². The fourth-order valence-corrected chi connectivity index (χ4v) is 4.79. The van der Waals surface area contributed by atoms with Crippen molar-refractivity contribution in [1.29, 1.82) is 0 Å². The van der Waals surface area contributed by atoms with Crippen molar-refractivity contribution in [2.45, 2.75) is 25.8 Å². The predicted molar refractivity (Wildman–Crippen MR) is 133 cm³/mol. The van der Waals surface area contributed by atoms with Gasteiger partial charge in [-0.25, -0.2) is 0 Å². The Morgan fingerprint density at radius 1 is 1.00 bits per heavy atom. The van der Waals surface area contributed by atoms with Crippen LogP contribution in [0.5, 0.6) is 0 Å². The Bertz CT molecular complexity index is 1110. The number of piperazine rings is 1. The lowest BCUT2D eigenvalue weighted by Crippen LogP contribution is -2.63. The maximum atomic E-state index is 13.4. The van der Waals surface area contributed by atoms with E-state index >= 15 is 0 Å². The molecule has 0 atom stereocenters. The molecule has 8 heteroatoms. The molecule has 0 bridgehead atoms. The van der Waals surface area contributed by atoms with E-state index in [9.17, 15) is 9.59 Å². The summed E-state index contributed by atoms with van der Waals surface area (Å²) < 4.78 is 0. The minimum atomic E-state index is -0.574. The van der Waals surface area contributed by atoms with Crippen molar-refractivity contribution in [3.8, 4) is 0 Å². The second-order valence-corrected chi connectivity index (χ2v) is 9.69. The first kappa shape index (κ1) is 23.3. The highest BCUT2D eigenvalue weighted by Gasteiger charge is 2.40. The molecule has 4 rings (SSSR count). The van der Waals surface area contributed by atoms with Crippen molar-refractivity contribution in [2.24, 2.45) is 4.99 Å². The van der Waals surface area contributed by atoms with E-state index in [4.69, 9.17) is 23.2 Å². The molecule has 6 nitrogen and oxygen atoms in total. The summed E-state index contributed by atoms with van der Waals surface area (Å²) in [5.74, 6) is 0.0128. The Hall–Kier alpha value is -2.83. The Kier molecular flexibility index (Phi) is 6.77. The summed E-state index contributed by atoms with van der Waals surface area (Å²) >= 11 is 12.1. The summed E-state index contributed by atoms with van der Waals surface area (Å²) in [6.45, 7) is 5.65. The zero-order valence-electron chi connectivity index (χ0n) is 18.6. The molecule has 1 N–H and O–H groups in total. The third-order valence-corrected chi connectivity index (χ3v) is 6.36. The van der Waals surface area contributed by atoms with Gasteiger partial charge in [-0.15, -0.1) is 0 Å². The first-order valence-electron chi connectivity index (χ1n) is 10.9. The number of nitrogens with zero attached hydrogens (tertiary/aromatic N) is 3. The number of rotatable bonds is 3. The number of nitrogens with one attached hydrogen (secondary N) is 1. The van der Waals surface area contributed by atoms with Crippen molar-refractivity contribution in [3.63, 3.8) is 0 Å². The van der Waals surface area contributed by atoms with Crippen LogP contribution in [0, 0.1) is 0 Å². The smallest absolute Gasteiger partial charge is 0.289 e. The van der Waals surface area contributed by atoms with Crippen LogP contribution in [0.4, 0.5) is 0 Å². The zero-order valence-corrected chi connectivity index (χ0v) is 20.2. The Morgan fingerprint density at radius 3 is 2.36 bits per heavy atom. The molecule has 33 heavy (non-hydrogen) atoms. The predicted octanol–water partition coefficient (Wildman–Crippen LogP) is 4.49. The van der Waals surface area contributed by atoms with Gasteiger partial charge in [-0.3, -0.25) is 14.6 Å². The summed E-state index contributed by atoms with van der Waals surface area (Å²) in [5, 5.41) is 3.96. The van der Waals surface area contributed by atoms with Gasteiger partial charge in [0.1, 0.15) is 0 Å². The molecule has 0 saturated carbocycles. The molecule has 1 fully saturated rings. The van der Waals surface area contributed by atoms with Gasteiger partial charge in [0, 0.05) is 48.0 Å². The summed E-state index contributed by atoms with van der Waals surface area (Å²) in [7, 11) is 0. The molecule has 2 aliphatic heterocycles. The molecule has 0 spiro atoms. The van der Waals surface area contributed by atoms with Crippen LogP contribution >= 0.6 is 23.2 Å². The number of benzene rings is 2. The quantitative estimate of drug-likeness (QED) is 0.697. The molecule has 172 valence electrons. The van der Waals surface area contributed by atoms with Gasteiger partial charge in [-0.1, -0.05) is 53.5 Å². The minimum absolute atomic E-state index is 0.153. The Morgan fingerprint density at radius 2 is 1.70 bits per heavy atom. The van der Waals surface area contributed by atoms with Crippen molar-refractivity contribution in [3.05, 3.63) is 75.9 Å². The van der Waals surface area contributed by atoms with E-state index in [1.165, 1.54) is 0 Å². The van der Waals surface area contributed by atoms with E-state index in [0.29, 0.717) is 47.6 Å². The second-order valence-electron chi connectivity index (χ2n) is 8.81. The van der Waals surface area contributed by atoms with Crippen LogP contribution in [0.15, 0.2) is 59.7 Å². The molecular weight excluding hydrogens is 459 g/mol. The van der Waals surface area contributed by atoms with E-state index in [2.05, 4.69) is 10.3 Å². The molecule has 2 aromatic rings. The molecule has 2 amide bonds. The van der Waals surface area contributed by atoms with Crippen LogP contribution in [-0.4, -0.2) is 59.2 Å². The number of aliphatic imine (C=N–C) groups is 1. The van der Waals surface area contributed by atoms with Crippen LogP contribution in [0.3, 0.4) is 0 Å². The van der Waals surface area contributed by atoms with Crippen molar-refractivity contribution < 1.29 is 9.59 Å². The SMILES string of the molecule is CC1(C)CN(C(=O)c2cc(Cl)cc(Cl)c2)CCN1C(=O)C1=NCCC(c2ccccc2)=CN1. The van der Waals surface area contributed by atoms with Gasteiger partial charge in [-0.2, -0.15) is 0 Å². The fraction of sp³-hybridized carbons (Fsp3) is 0.320. The van der Waals surface area contributed by atoms with Gasteiger partial charge < -0.3 is 15.1 Å². The van der Waals surface area contributed by atoms with Crippen LogP contribution in [0.2, 0.25) is 10.0 Å². The van der Waals surface area contributed by atoms with Gasteiger partial charge >= 0.3 is 0 Å². The van der Waals surface area contributed by atoms with E-state index in [-0.39, 0.29) is 11.8 Å². The van der Waals surface area contributed by atoms with Crippen molar-refractivity contribution in [2.75, 3.05) is 26.2 Å². The van der Waals surface area contributed by atoms with Crippen LogP contribution in [0.25, 0.3) is 5.57 Å². The Balaban J connectivity index is 1.46. The summed E-state index contributed by atoms with van der Waals surface area (Å²) in [4.78, 5) is 34.5. The molecule has 2 aliphatic rings. The number of carbonyl (C=O) groups is 2. The third kappa shape index (κ3) is 5.23. The highest BCUT2D eigenvalue weighted by Crippen LogP contribution is 2.26. The lowest BCUT2D eigenvalue weighted by atomic mass is 9.97. The normalized spacial score (nSPS) is 18.1. The van der Waals surface area contributed by atoms with Crippen molar-refractivity contribution >= 4 is 46.4 Å². The summed E-state index contributed by atoms with van der Waals surface area (Å²) in [5.41, 5.74) is 2.09. The largest absolute Gasteiger partial charge is 0.342 e. The van der Waals surface area contributed by atoms with Gasteiger partial charge in [0.2, 0.25) is 0 Å². The Labute approximate surface area is 203 Å². The monoisotopic (exact) mass is 484 g/mol. The van der Waals surface area contributed by atoms with Crippen LogP contribution in [0.1, 0.15) is 36.2 Å².